The van der Waals surface area contributed by atoms with Gasteiger partial charge in [0.1, 0.15) is 12.0 Å². The summed E-state index contributed by atoms with van der Waals surface area (Å²) in [5, 5.41) is 8.79. The van der Waals surface area contributed by atoms with Crippen LogP contribution in [0.1, 0.15) is 65.9 Å². The molecule has 7 heteroatoms. The lowest BCUT2D eigenvalue weighted by atomic mass is 10.1. The van der Waals surface area contributed by atoms with E-state index in [0.29, 0.717) is 31.7 Å². The van der Waals surface area contributed by atoms with Crippen molar-refractivity contribution in [1.82, 2.24) is 4.67 Å². The van der Waals surface area contributed by atoms with Crippen molar-refractivity contribution in [3.05, 3.63) is 47.9 Å². The summed E-state index contributed by atoms with van der Waals surface area (Å²) in [6.45, 7) is 11.5. The van der Waals surface area contributed by atoms with Crippen LogP contribution in [-0.2, 0) is 24.3 Å². The Hall–Kier alpha value is -1.64. The van der Waals surface area contributed by atoms with Gasteiger partial charge in [0.15, 0.2) is 0 Å². The van der Waals surface area contributed by atoms with E-state index < -0.39 is 14.3 Å². The van der Waals surface area contributed by atoms with Crippen molar-refractivity contribution in [2.45, 2.75) is 78.2 Å². The number of ether oxygens (including phenoxy) is 2. The number of allylic oxidation sites excluding steroid dienone is 1. The molecule has 1 aliphatic heterocycles. The van der Waals surface area contributed by atoms with Crippen LogP contribution in [-0.4, -0.2) is 30.0 Å². The van der Waals surface area contributed by atoms with Crippen molar-refractivity contribution >= 4 is 8.53 Å². The van der Waals surface area contributed by atoms with Gasteiger partial charge in [-0.25, -0.2) is 4.67 Å². The first-order chi connectivity index (χ1) is 14.4. The van der Waals surface area contributed by atoms with E-state index in [2.05, 4.69) is 38.4 Å². The molecule has 2 atom stereocenters. The van der Waals surface area contributed by atoms with Gasteiger partial charge >= 0.3 is 0 Å². The largest absolute Gasteiger partial charge is 0.453 e. The zero-order valence-corrected chi connectivity index (χ0v) is 19.7. The minimum absolute atomic E-state index is 0.308. The van der Waals surface area contributed by atoms with Gasteiger partial charge in [0, 0.05) is 31.0 Å². The predicted octanol–water partition coefficient (Wildman–Crippen LogP) is 6.21. The van der Waals surface area contributed by atoms with E-state index in [9.17, 15) is 0 Å². The number of hydrogen-bond acceptors (Lipinski definition) is 6. The summed E-state index contributed by atoms with van der Waals surface area (Å²) in [5.74, 6) is 0.116. The highest BCUT2D eigenvalue weighted by molar-refractivity contribution is 7.44. The molecule has 0 aliphatic carbocycles. The molecule has 1 heterocycles. The molecule has 2 unspecified atom stereocenters. The molecule has 0 radical (unpaired) electrons. The summed E-state index contributed by atoms with van der Waals surface area (Å²) in [4.78, 5) is 0. The van der Waals surface area contributed by atoms with Crippen LogP contribution >= 0.6 is 8.53 Å². The second-order valence-electron chi connectivity index (χ2n) is 7.95. The summed E-state index contributed by atoms with van der Waals surface area (Å²) in [7, 11) is -1.18. The Morgan fingerprint density at radius 3 is 2.37 bits per heavy atom. The molecule has 0 aromatic heterocycles. The Morgan fingerprint density at radius 1 is 1.07 bits per heavy atom. The lowest BCUT2D eigenvalue weighted by Crippen LogP contribution is -2.33. The monoisotopic (exact) mass is 434 g/mol. The molecule has 166 valence electrons. The Kier molecular flexibility index (Phi) is 10.1. The zero-order valence-electron chi connectivity index (χ0n) is 18.8. The van der Waals surface area contributed by atoms with E-state index in [4.69, 9.17) is 23.8 Å². The summed E-state index contributed by atoms with van der Waals surface area (Å²) >= 11 is 0. The van der Waals surface area contributed by atoms with Crippen LogP contribution in [0.4, 0.5) is 0 Å². The van der Waals surface area contributed by atoms with Gasteiger partial charge in [-0.05, 0) is 40.5 Å². The van der Waals surface area contributed by atoms with Gasteiger partial charge in [0.2, 0.25) is 0 Å². The van der Waals surface area contributed by atoms with Crippen molar-refractivity contribution in [2.75, 3.05) is 13.2 Å². The minimum atomic E-state index is -1.18. The first kappa shape index (κ1) is 24.6. The van der Waals surface area contributed by atoms with Crippen molar-refractivity contribution in [2.24, 2.45) is 0 Å². The van der Waals surface area contributed by atoms with E-state index in [1.54, 1.807) is 6.26 Å². The lowest BCUT2D eigenvalue weighted by Gasteiger charge is -2.35. The average molecular weight is 435 g/mol. The third-order valence-corrected chi connectivity index (χ3v) is 6.83. The third kappa shape index (κ3) is 7.25. The summed E-state index contributed by atoms with van der Waals surface area (Å²) in [6.07, 6.45) is 4.73. The standard InChI is InChI=1S/C23H35N2O4P/c1-19(2)25(20(3)4)30(28-17-11-15-24)27-16-10-9-14-22-18-26-23(5,29-22)21-12-7-6-8-13-21/h6-8,12-13,18-20H,9-11,14,16-17H2,1-5H3. The highest BCUT2D eigenvalue weighted by atomic mass is 31.2. The zero-order chi connectivity index (χ0) is 22.0. The van der Waals surface area contributed by atoms with E-state index >= 15 is 0 Å². The number of benzene rings is 1. The number of unbranched alkanes of at least 4 members (excludes halogenated alkanes) is 1. The second kappa shape index (κ2) is 12.3. The van der Waals surface area contributed by atoms with Crippen molar-refractivity contribution < 1.29 is 18.5 Å². The molecule has 0 fully saturated rings. The Morgan fingerprint density at radius 2 is 1.73 bits per heavy atom. The van der Waals surface area contributed by atoms with E-state index in [-0.39, 0.29) is 0 Å². The molecule has 0 bridgehead atoms. The smallest absolute Gasteiger partial charge is 0.274 e. The molecule has 1 aromatic carbocycles. The van der Waals surface area contributed by atoms with Crippen molar-refractivity contribution in [1.29, 1.82) is 5.26 Å². The topological polar surface area (TPSA) is 64.0 Å². The van der Waals surface area contributed by atoms with Crippen LogP contribution < -0.4 is 0 Å². The number of hydrogen-bond donors (Lipinski definition) is 0. The molecular formula is C23H35N2O4P. The normalized spacial score (nSPS) is 19.5. The maximum Gasteiger partial charge on any atom is 0.274 e. The highest BCUT2D eigenvalue weighted by Gasteiger charge is 2.35. The quantitative estimate of drug-likeness (QED) is 0.272. The Balaban J connectivity index is 1.76. The summed E-state index contributed by atoms with van der Waals surface area (Å²) in [6, 6.07) is 12.7. The molecule has 30 heavy (non-hydrogen) atoms. The van der Waals surface area contributed by atoms with Gasteiger partial charge in [-0.1, -0.05) is 30.3 Å². The summed E-state index contributed by atoms with van der Waals surface area (Å²) in [5.41, 5.74) is 1.00. The van der Waals surface area contributed by atoms with Gasteiger partial charge in [-0.15, -0.1) is 0 Å². The maximum absolute atomic E-state index is 8.79. The fourth-order valence-electron chi connectivity index (χ4n) is 3.31. The molecule has 0 amide bonds. The lowest BCUT2D eigenvalue weighted by molar-refractivity contribution is -0.141. The molecular weight excluding hydrogens is 399 g/mol. The van der Waals surface area contributed by atoms with E-state index in [0.717, 1.165) is 30.6 Å². The highest BCUT2D eigenvalue weighted by Crippen LogP contribution is 2.46. The van der Waals surface area contributed by atoms with Gasteiger partial charge < -0.3 is 18.5 Å². The van der Waals surface area contributed by atoms with Gasteiger partial charge in [0.25, 0.3) is 14.3 Å². The Bertz CT molecular complexity index is 697. The molecule has 2 rings (SSSR count). The number of rotatable bonds is 13. The summed E-state index contributed by atoms with van der Waals surface area (Å²) < 4.78 is 26.2. The second-order valence-corrected chi connectivity index (χ2v) is 9.41. The average Bonchev–Trinajstić information content (AvgIpc) is 3.10. The van der Waals surface area contributed by atoms with Crippen molar-refractivity contribution in [3.8, 4) is 6.07 Å². The van der Waals surface area contributed by atoms with E-state index in [1.807, 2.05) is 37.3 Å². The fraction of sp³-hybridized carbons (Fsp3) is 0.609. The van der Waals surface area contributed by atoms with Crippen LogP contribution in [0.2, 0.25) is 0 Å². The molecule has 0 saturated heterocycles. The molecule has 6 nitrogen and oxygen atoms in total. The van der Waals surface area contributed by atoms with Crippen molar-refractivity contribution in [3.63, 3.8) is 0 Å². The minimum Gasteiger partial charge on any atom is -0.453 e. The third-order valence-electron chi connectivity index (χ3n) is 4.72. The van der Waals surface area contributed by atoms with Gasteiger partial charge in [0.05, 0.1) is 25.7 Å². The molecule has 0 saturated carbocycles. The van der Waals surface area contributed by atoms with Gasteiger partial charge in [-0.2, -0.15) is 5.26 Å². The number of nitrogens with zero attached hydrogens (tertiary/aromatic N) is 2. The SMILES string of the molecule is CC(C)N(C(C)C)P(OCCC#N)OCCCCC1=COC(C)(c2ccccc2)O1. The molecule has 1 aliphatic rings. The first-order valence-electron chi connectivity index (χ1n) is 10.7. The number of nitriles is 1. The van der Waals surface area contributed by atoms with Crippen LogP contribution in [0, 0.1) is 11.3 Å². The maximum atomic E-state index is 8.79. The molecule has 1 aromatic rings. The molecule has 0 N–H and O–H groups in total. The van der Waals surface area contributed by atoms with Crippen LogP contribution in [0.5, 0.6) is 0 Å². The van der Waals surface area contributed by atoms with E-state index in [1.165, 1.54) is 0 Å². The molecule has 0 spiro atoms. The first-order valence-corrected chi connectivity index (χ1v) is 11.8. The van der Waals surface area contributed by atoms with Gasteiger partial charge in [-0.3, -0.25) is 0 Å². The predicted molar refractivity (Wildman–Crippen MR) is 119 cm³/mol. The van der Waals surface area contributed by atoms with Crippen LogP contribution in [0.15, 0.2) is 42.4 Å². The fourth-order valence-corrected chi connectivity index (χ4v) is 4.94. The Labute approximate surface area is 182 Å². The van der Waals surface area contributed by atoms with Crippen LogP contribution in [0.25, 0.3) is 0 Å². The van der Waals surface area contributed by atoms with Crippen LogP contribution in [0.3, 0.4) is 0 Å².